The summed E-state index contributed by atoms with van der Waals surface area (Å²) in [5, 5.41) is 2.96. The molecule has 0 N–H and O–H groups in total. The summed E-state index contributed by atoms with van der Waals surface area (Å²) in [6.45, 7) is 2.12. The van der Waals surface area contributed by atoms with E-state index in [9.17, 15) is 0 Å². The van der Waals surface area contributed by atoms with Crippen LogP contribution in [0.4, 0.5) is 0 Å². The van der Waals surface area contributed by atoms with E-state index in [1.807, 2.05) is 6.07 Å². The van der Waals surface area contributed by atoms with Crippen LogP contribution >= 0.6 is 66.1 Å². The van der Waals surface area contributed by atoms with Gasteiger partial charge in [0.25, 0.3) is 0 Å². The Kier molecular flexibility index (Phi) is 3.94. The second-order valence-electron chi connectivity index (χ2n) is 3.12. The van der Waals surface area contributed by atoms with E-state index in [0.29, 0.717) is 0 Å². The van der Waals surface area contributed by atoms with Crippen molar-refractivity contribution in [3.63, 3.8) is 0 Å². The molecule has 0 aliphatic heterocycles. The molecule has 0 nitrogen and oxygen atoms in total. The van der Waals surface area contributed by atoms with Crippen molar-refractivity contribution in [2.24, 2.45) is 0 Å². The van der Waals surface area contributed by atoms with Gasteiger partial charge in [-0.05, 0) is 45.9 Å². The van der Waals surface area contributed by atoms with Crippen molar-refractivity contribution in [3.8, 4) is 0 Å². The average molecular weight is 387 g/mol. The summed E-state index contributed by atoms with van der Waals surface area (Å²) in [6.07, 6.45) is 0. The number of hydrogen-bond acceptors (Lipinski definition) is 2. The van der Waals surface area contributed by atoms with Gasteiger partial charge in [-0.1, -0.05) is 27.5 Å². The zero-order valence-corrected chi connectivity index (χ0v) is 13.3. The van der Waals surface area contributed by atoms with Gasteiger partial charge in [-0.25, -0.2) is 0 Å². The number of alkyl halides is 1. The second-order valence-corrected chi connectivity index (χ2v) is 7.96. The van der Waals surface area contributed by atoms with E-state index in [4.69, 9.17) is 11.6 Å². The van der Waals surface area contributed by atoms with Gasteiger partial charge in [0.2, 0.25) is 0 Å². The van der Waals surface area contributed by atoms with Crippen molar-refractivity contribution in [2.45, 2.75) is 11.8 Å². The molecule has 0 saturated heterocycles. The maximum atomic E-state index is 6.01. The smallest absolute Gasteiger partial charge is 0.0887 e. The number of hydrogen-bond donors (Lipinski definition) is 0. The lowest BCUT2D eigenvalue weighted by molar-refractivity contribution is 1.24. The van der Waals surface area contributed by atoms with Gasteiger partial charge >= 0.3 is 0 Å². The predicted molar refractivity (Wildman–Crippen MR) is 76.9 cm³/mol. The van der Waals surface area contributed by atoms with Crippen LogP contribution in [-0.4, -0.2) is 0 Å². The zero-order valence-electron chi connectivity index (χ0n) is 7.76. The van der Waals surface area contributed by atoms with Crippen LogP contribution in [0.25, 0.3) is 0 Å². The highest BCUT2D eigenvalue weighted by atomic mass is 79.9. The van der Waals surface area contributed by atoms with Crippen molar-refractivity contribution in [1.29, 1.82) is 0 Å². The van der Waals surface area contributed by atoms with Crippen LogP contribution in [0, 0.1) is 6.92 Å². The quantitative estimate of drug-likeness (QED) is 0.554. The van der Waals surface area contributed by atoms with Crippen LogP contribution in [0.2, 0.25) is 5.02 Å². The molecule has 80 valence electrons. The van der Waals surface area contributed by atoms with Gasteiger partial charge in [0.15, 0.2) is 0 Å². The van der Waals surface area contributed by atoms with Crippen LogP contribution in [-0.2, 0) is 0 Å². The molecule has 0 amide bonds. The summed E-state index contributed by atoms with van der Waals surface area (Å²) in [6, 6.07) is 4.20. The Morgan fingerprint density at radius 1 is 1.40 bits per heavy atom. The highest BCUT2D eigenvalue weighted by Gasteiger charge is 2.15. The molecule has 0 aliphatic rings. The lowest BCUT2D eigenvalue weighted by atomic mass is 10.2. The standard InChI is InChI=1S/C10H7Br2ClS2/c1-5-2-6(4-14-5)9(11)8-3-7(13)10(12)15-8/h2-4,9H,1H3. The van der Waals surface area contributed by atoms with E-state index in [1.54, 1.807) is 22.7 Å². The molecule has 5 heteroatoms. The molecule has 0 radical (unpaired) electrons. The minimum absolute atomic E-state index is 0.247. The minimum atomic E-state index is 0.247. The second kappa shape index (κ2) is 4.88. The van der Waals surface area contributed by atoms with Crippen molar-refractivity contribution in [1.82, 2.24) is 0 Å². The van der Waals surface area contributed by atoms with Gasteiger partial charge in [0, 0.05) is 9.75 Å². The summed E-state index contributed by atoms with van der Waals surface area (Å²) in [5.41, 5.74) is 1.29. The van der Waals surface area contributed by atoms with Gasteiger partial charge < -0.3 is 0 Å². The monoisotopic (exact) mass is 384 g/mol. The Bertz CT molecular complexity index is 456. The van der Waals surface area contributed by atoms with E-state index >= 15 is 0 Å². The maximum absolute atomic E-state index is 6.01. The highest BCUT2D eigenvalue weighted by molar-refractivity contribution is 9.11. The van der Waals surface area contributed by atoms with Gasteiger partial charge in [-0.2, -0.15) is 0 Å². The van der Waals surface area contributed by atoms with Crippen molar-refractivity contribution in [2.75, 3.05) is 0 Å². The fraction of sp³-hybridized carbons (Fsp3) is 0.200. The Hall–Kier alpha value is 0.650. The van der Waals surface area contributed by atoms with Crippen LogP contribution in [0.3, 0.4) is 0 Å². The Labute approximate surface area is 119 Å². The first-order valence-electron chi connectivity index (χ1n) is 4.21. The van der Waals surface area contributed by atoms with E-state index in [0.717, 1.165) is 8.81 Å². The maximum Gasteiger partial charge on any atom is 0.0887 e. The minimum Gasteiger partial charge on any atom is -0.149 e. The summed E-state index contributed by atoms with van der Waals surface area (Å²) >= 11 is 16.6. The molecule has 0 aliphatic carbocycles. The van der Waals surface area contributed by atoms with Crippen LogP contribution in [0.15, 0.2) is 21.3 Å². The van der Waals surface area contributed by atoms with E-state index in [-0.39, 0.29) is 4.83 Å². The first-order valence-corrected chi connectivity index (χ1v) is 8.00. The molecular formula is C10H7Br2ClS2. The summed E-state index contributed by atoms with van der Waals surface area (Å²) in [7, 11) is 0. The Morgan fingerprint density at radius 3 is 2.60 bits per heavy atom. The highest BCUT2D eigenvalue weighted by Crippen LogP contribution is 2.42. The molecule has 2 rings (SSSR count). The van der Waals surface area contributed by atoms with E-state index in [1.165, 1.54) is 15.3 Å². The number of aryl methyl sites for hydroxylation is 1. The largest absolute Gasteiger partial charge is 0.149 e. The third kappa shape index (κ3) is 2.67. The normalized spacial score (nSPS) is 13.1. The Balaban J connectivity index is 2.31. The van der Waals surface area contributed by atoms with E-state index < -0.39 is 0 Å². The van der Waals surface area contributed by atoms with Crippen molar-refractivity contribution in [3.05, 3.63) is 41.6 Å². The zero-order chi connectivity index (χ0) is 11.0. The Morgan fingerprint density at radius 2 is 2.13 bits per heavy atom. The lowest BCUT2D eigenvalue weighted by Gasteiger charge is -2.03. The number of thiophene rings is 2. The summed E-state index contributed by atoms with van der Waals surface area (Å²) < 4.78 is 0.996. The summed E-state index contributed by atoms with van der Waals surface area (Å²) in [4.78, 5) is 2.80. The SMILES string of the molecule is Cc1cc(C(Br)c2cc(Cl)c(Br)s2)cs1. The predicted octanol–water partition coefficient (Wildman–Crippen LogP) is 6.02. The third-order valence-electron chi connectivity index (χ3n) is 1.96. The molecule has 1 atom stereocenters. The molecule has 0 bridgehead atoms. The first kappa shape index (κ1) is 12.1. The molecular weight excluding hydrogens is 380 g/mol. The number of rotatable bonds is 2. The van der Waals surface area contributed by atoms with Gasteiger partial charge in [-0.15, -0.1) is 22.7 Å². The van der Waals surface area contributed by atoms with Gasteiger partial charge in [-0.3, -0.25) is 0 Å². The molecule has 0 spiro atoms. The number of halogens is 3. The first-order chi connectivity index (χ1) is 7.08. The molecule has 2 aromatic rings. The van der Waals surface area contributed by atoms with Crippen molar-refractivity contribution < 1.29 is 0 Å². The van der Waals surface area contributed by atoms with Crippen molar-refractivity contribution >= 4 is 66.1 Å². The fourth-order valence-electron chi connectivity index (χ4n) is 1.25. The average Bonchev–Trinajstić information content (AvgIpc) is 2.74. The molecule has 2 heterocycles. The van der Waals surface area contributed by atoms with Crippen LogP contribution in [0.5, 0.6) is 0 Å². The third-order valence-corrected chi connectivity index (χ3v) is 6.70. The molecule has 2 aromatic heterocycles. The fourth-order valence-corrected chi connectivity index (χ4v) is 4.58. The van der Waals surface area contributed by atoms with Gasteiger partial charge in [0.05, 0.1) is 13.6 Å². The molecule has 1 unspecified atom stereocenters. The van der Waals surface area contributed by atoms with Crippen LogP contribution < -0.4 is 0 Å². The summed E-state index contributed by atoms with van der Waals surface area (Å²) in [5.74, 6) is 0. The molecule has 0 saturated carbocycles. The lowest BCUT2D eigenvalue weighted by Crippen LogP contribution is -1.85. The molecule has 0 fully saturated rings. The molecule has 15 heavy (non-hydrogen) atoms. The topological polar surface area (TPSA) is 0 Å². The van der Waals surface area contributed by atoms with E-state index in [2.05, 4.69) is 50.2 Å². The van der Waals surface area contributed by atoms with Crippen LogP contribution in [0.1, 0.15) is 20.1 Å². The molecule has 0 aromatic carbocycles. The van der Waals surface area contributed by atoms with Gasteiger partial charge in [0.1, 0.15) is 0 Å².